The number of sulfonamides is 1. The van der Waals surface area contributed by atoms with E-state index in [1.54, 1.807) is 18.2 Å². The van der Waals surface area contributed by atoms with Gasteiger partial charge in [-0.1, -0.05) is 26.0 Å². The summed E-state index contributed by atoms with van der Waals surface area (Å²) in [6.07, 6.45) is 0. The molecule has 0 saturated heterocycles. The summed E-state index contributed by atoms with van der Waals surface area (Å²) in [6, 6.07) is 10.6. The minimum absolute atomic E-state index is 0.165. The summed E-state index contributed by atoms with van der Waals surface area (Å²) in [5, 5.41) is 2.67. The van der Waals surface area contributed by atoms with Crippen molar-refractivity contribution >= 4 is 48.9 Å². The first-order valence-corrected chi connectivity index (χ1v) is 10.0. The minimum atomic E-state index is -3.67. The van der Waals surface area contributed by atoms with Crippen LogP contribution in [-0.2, 0) is 14.8 Å². The molecule has 2 aromatic rings. The van der Waals surface area contributed by atoms with Crippen molar-refractivity contribution in [2.75, 3.05) is 11.9 Å². The lowest BCUT2D eigenvalue weighted by Crippen LogP contribution is -2.32. The third-order valence-electron chi connectivity index (χ3n) is 3.10. The third kappa shape index (κ3) is 5.13. The fourth-order valence-corrected chi connectivity index (χ4v) is 4.87. The molecule has 0 bridgehead atoms. The van der Waals surface area contributed by atoms with Crippen LogP contribution in [0, 0.1) is 0 Å². The first kappa shape index (κ1) is 18.1. The summed E-state index contributed by atoms with van der Waals surface area (Å²) in [5.74, 6) is -0.00169. The Morgan fingerprint density at radius 3 is 2.35 bits per heavy atom. The number of amides is 1. The van der Waals surface area contributed by atoms with Gasteiger partial charge in [-0.2, -0.15) is 0 Å². The Labute approximate surface area is 148 Å². The zero-order valence-corrected chi connectivity index (χ0v) is 15.9. The zero-order valence-electron chi connectivity index (χ0n) is 12.7. The maximum absolute atomic E-state index is 12.0. The molecule has 1 aromatic heterocycles. The molecule has 0 aliphatic heterocycles. The number of nitrogens with one attached hydrogen (secondary N) is 2. The van der Waals surface area contributed by atoms with Gasteiger partial charge in [0.2, 0.25) is 5.91 Å². The van der Waals surface area contributed by atoms with Crippen molar-refractivity contribution in [1.29, 1.82) is 0 Å². The number of carbonyl (C=O) groups excluding carboxylic acids is 1. The van der Waals surface area contributed by atoms with Crippen molar-refractivity contribution in [3.8, 4) is 0 Å². The van der Waals surface area contributed by atoms with E-state index in [9.17, 15) is 13.2 Å². The lowest BCUT2D eigenvalue weighted by molar-refractivity contribution is -0.115. The van der Waals surface area contributed by atoms with E-state index < -0.39 is 15.9 Å². The second-order valence-corrected chi connectivity index (χ2v) is 9.66. The highest BCUT2D eigenvalue weighted by atomic mass is 79.9. The van der Waals surface area contributed by atoms with Crippen LogP contribution in [0.15, 0.2) is 44.4 Å². The zero-order chi connectivity index (χ0) is 17.0. The molecule has 0 aliphatic rings. The Morgan fingerprint density at radius 1 is 1.17 bits per heavy atom. The van der Waals surface area contributed by atoms with Crippen molar-refractivity contribution < 1.29 is 13.2 Å². The predicted octanol–water partition coefficient (Wildman–Crippen LogP) is 3.55. The monoisotopic (exact) mass is 416 g/mol. The summed E-state index contributed by atoms with van der Waals surface area (Å²) < 4.78 is 27.2. The highest BCUT2D eigenvalue weighted by Gasteiger charge is 2.17. The molecule has 0 aliphatic carbocycles. The van der Waals surface area contributed by atoms with Gasteiger partial charge in [-0.3, -0.25) is 4.79 Å². The number of thiophene rings is 1. The highest BCUT2D eigenvalue weighted by Crippen LogP contribution is 2.25. The summed E-state index contributed by atoms with van der Waals surface area (Å²) >= 11 is 4.30. The predicted molar refractivity (Wildman–Crippen MR) is 96.4 cm³/mol. The summed E-state index contributed by atoms with van der Waals surface area (Å²) in [5.41, 5.74) is 1.81. The lowest BCUT2D eigenvalue weighted by Gasteiger charge is -2.09. The van der Waals surface area contributed by atoms with Crippen LogP contribution in [0.25, 0.3) is 0 Å². The Morgan fingerprint density at radius 2 is 1.83 bits per heavy atom. The Kier molecular flexibility index (Phi) is 5.96. The van der Waals surface area contributed by atoms with Crippen LogP contribution in [0.5, 0.6) is 0 Å². The number of benzene rings is 1. The summed E-state index contributed by atoms with van der Waals surface area (Å²) in [4.78, 5) is 11.9. The van der Waals surface area contributed by atoms with Crippen molar-refractivity contribution in [3.05, 3.63) is 45.7 Å². The van der Waals surface area contributed by atoms with Gasteiger partial charge in [0.1, 0.15) is 4.21 Å². The maximum Gasteiger partial charge on any atom is 0.250 e. The molecule has 0 atom stereocenters. The average molecular weight is 417 g/mol. The number of rotatable bonds is 6. The average Bonchev–Trinajstić information content (AvgIpc) is 2.93. The van der Waals surface area contributed by atoms with Crippen LogP contribution in [-0.4, -0.2) is 20.9 Å². The Bertz CT molecular complexity index is 783. The second kappa shape index (κ2) is 7.57. The van der Waals surface area contributed by atoms with Gasteiger partial charge in [0, 0.05) is 5.69 Å². The lowest BCUT2D eigenvalue weighted by atomic mass is 10.0. The second-order valence-electron chi connectivity index (χ2n) is 5.21. The number of anilines is 1. The minimum Gasteiger partial charge on any atom is -0.325 e. The van der Waals surface area contributed by atoms with Crippen LogP contribution < -0.4 is 10.0 Å². The molecule has 5 nitrogen and oxygen atoms in total. The molecule has 0 radical (unpaired) electrons. The van der Waals surface area contributed by atoms with Crippen molar-refractivity contribution in [1.82, 2.24) is 4.72 Å². The molecule has 1 aromatic carbocycles. The van der Waals surface area contributed by atoms with Crippen LogP contribution >= 0.6 is 27.3 Å². The first-order chi connectivity index (χ1) is 10.8. The van der Waals surface area contributed by atoms with Gasteiger partial charge in [0.15, 0.2) is 0 Å². The van der Waals surface area contributed by atoms with Crippen molar-refractivity contribution in [2.45, 2.75) is 24.0 Å². The number of halogens is 1. The van der Waals surface area contributed by atoms with Gasteiger partial charge in [-0.25, -0.2) is 13.1 Å². The standard InChI is InChI=1S/C15H17BrN2O3S2/c1-10(2)11-3-5-12(6-4-11)18-14(19)9-17-23(20,21)15-8-7-13(16)22-15/h3-8,10,17H,9H2,1-2H3,(H,18,19). The molecule has 124 valence electrons. The molecule has 8 heteroatoms. The van der Waals surface area contributed by atoms with E-state index in [0.717, 1.165) is 11.3 Å². The summed E-state index contributed by atoms with van der Waals surface area (Å²) in [6.45, 7) is 3.86. The van der Waals surface area contributed by atoms with Gasteiger partial charge < -0.3 is 5.32 Å². The fourth-order valence-electron chi connectivity index (χ4n) is 1.83. The maximum atomic E-state index is 12.0. The molecule has 1 amide bonds. The van der Waals surface area contributed by atoms with E-state index in [1.165, 1.54) is 11.6 Å². The largest absolute Gasteiger partial charge is 0.325 e. The fraction of sp³-hybridized carbons (Fsp3) is 0.267. The molecule has 0 spiro atoms. The van der Waals surface area contributed by atoms with Crippen LogP contribution in [0.2, 0.25) is 0 Å². The van der Waals surface area contributed by atoms with Gasteiger partial charge in [-0.15, -0.1) is 11.3 Å². The molecular formula is C15H17BrN2O3S2. The topological polar surface area (TPSA) is 75.3 Å². The van der Waals surface area contributed by atoms with Crippen LogP contribution in [0.4, 0.5) is 5.69 Å². The van der Waals surface area contributed by atoms with E-state index in [2.05, 4.69) is 39.8 Å². The Hall–Kier alpha value is -1.22. The SMILES string of the molecule is CC(C)c1ccc(NC(=O)CNS(=O)(=O)c2ccc(Br)s2)cc1. The smallest absolute Gasteiger partial charge is 0.250 e. The van der Waals surface area contributed by atoms with Crippen molar-refractivity contribution in [2.24, 2.45) is 0 Å². The van der Waals surface area contributed by atoms with Gasteiger partial charge in [0.05, 0.1) is 10.3 Å². The van der Waals surface area contributed by atoms with Gasteiger partial charge in [-0.05, 0) is 51.7 Å². The van der Waals surface area contributed by atoms with E-state index in [1.807, 2.05) is 12.1 Å². The summed E-state index contributed by atoms with van der Waals surface area (Å²) in [7, 11) is -3.67. The molecule has 0 fully saturated rings. The Balaban J connectivity index is 1.92. The van der Waals surface area contributed by atoms with E-state index in [0.29, 0.717) is 15.4 Å². The van der Waals surface area contributed by atoms with Crippen LogP contribution in [0.1, 0.15) is 25.3 Å². The van der Waals surface area contributed by atoms with E-state index in [4.69, 9.17) is 0 Å². The normalized spacial score (nSPS) is 11.7. The quantitative estimate of drug-likeness (QED) is 0.755. The molecular weight excluding hydrogens is 400 g/mol. The molecule has 1 heterocycles. The molecule has 2 rings (SSSR count). The third-order valence-corrected chi connectivity index (χ3v) is 6.61. The van der Waals surface area contributed by atoms with Gasteiger partial charge in [0.25, 0.3) is 10.0 Å². The number of hydrogen-bond donors (Lipinski definition) is 2. The van der Waals surface area contributed by atoms with E-state index >= 15 is 0 Å². The number of hydrogen-bond acceptors (Lipinski definition) is 4. The molecule has 0 unspecified atom stereocenters. The molecule has 0 saturated carbocycles. The molecule has 23 heavy (non-hydrogen) atoms. The van der Waals surface area contributed by atoms with E-state index in [-0.39, 0.29) is 10.8 Å². The number of carbonyl (C=O) groups is 1. The highest BCUT2D eigenvalue weighted by molar-refractivity contribution is 9.11. The van der Waals surface area contributed by atoms with Gasteiger partial charge >= 0.3 is 0 Å². The molecule has 2 N–H and O–H groups in total. The first-order valence-electron chi connectivity index (χ1n) is 6.93. The van der Waals surface area contributed by atoms with Crippen molar-refractivity contribution in [3.63, 3.8) is 0 Å². The van der Waals surface area contributed by atoms with Crippen LogP contribution in [0.3, 0.4) is 0 Å².